The van der Waals surface area contributed by atoms with E-state index in [-0.39, 0.29) is 40.9 Å². The summed E-state index contributed by atoms with van der Waals surface area (Å²) < 4.78 is 57.7. The quantitative estimate of drug-likeness (QED) is 0.103. The van der Waals surface area contributed by atoms with Crippen LogP contribution in [0, 0.1) is 28.1 Å². The third kappa shape index (κ3) is 6.67. The lowest BCUT2D eigenvalue weighted by Crippen LogP contribution is -2.69. The highest BCUT2D eigenvalue weighted by atomic mass is 32.2. The predicted octanol–water partition coefficient (Wildman–Crippen LogP) is 7.99. The normalized spacial score (nSPS) is 27.1. The van der Waals surface area contributed by atoms with Crippen LogP contribution in [0.25, 0.3) is 0 Å². The van der Waals surface area contributed by atoms with Crippen LogP contribution in [-0.4, -0.2) is 52.3 Å². The summed E-state index contributed by atoms with van der Waals surface area (Å²) in [4.78, 5) is 44.8. The first-order chi connectivity index (χ1) is 22.7. The predicted molar refractivity (Wildman–Crippen MR) is 196 cm³/mol. The first kappa shape index (κ1) is 39.7. The van der Waals surface area contributed by atoms with Crippen molar-refractivity contribution in [2.75, 3.05) is 12.5 Å². The summed E-state index contributed by atoms with van der Waals surface area (Å²) in [5.74, 6) is -1.81. The lowest BCUT2D eigenvalue weighted by molar-refractivity contribution is -0.188. The molecule has 1 saturated carbocycles. The maximum Gasteiger partial charge on any atom is 0.200 e. The van der Waals surface area contributed by atoms with E-state index in [1.54, 1.807) is 0 Å². The smallest absolute Gasteiger partial charge is 0.200 e. The van der Waals surface area contributed by atoms with Crippen molar-refractivity contribution in [1.82, 2.24) is 0 Å². The summed E-state index contributed by atoms with van der Waals surface area (Å²) in [5.41, 5.74) is -1.89. The number of carbonyl (C=O) groups excluding carboxylic acids is 3. The molecule has 2 aliphatic carbocycles. The van der Waals surface area contributed by atoms with Gasteiger partial charge in [0.2, 0.25) is 0 Å². The van der Waals surface area contributed by atoms with Crippen LogP contribution < -0.4 is 0 Å². The molecule has 1 heterocycles. The number of rotatable bonds is 10. The molecule has 0 unspecified atom stereocenters. The highest BCUT2D eigenvalue weighted by Crippen LogP contribution is 2.69. The van der Waals surface area contributed by atoms with Gasteiger partial charge in [0.05, 0.1) is 15.2 Å². The van der Waals surface area contributed by atoms with E-state index in [0.717, 1.165) is 41.4 Å². The standard InChI is InChI=1S/C40H54O8S2/c1-24(2)13-16-28-22-39-23-29(17-14-25(3)4)38(9,10)48-35(39)32(34(42)40(36(39)43,37(28,7)8)20-19-26(5)6)33(41)27-15-18-30(49(11,44)45)31(21-27)50(12,46)47/h13-15,18-19,21,28-29H,16-17,20,22-23H2,1-12H3/t28-,29+,39+,40+/m1/s1. The molecule has 0 N–H and O–H groups in total. The molecule has 274 valence electrons. The molecule has 4 rings (SSSR count). The summed E-state index contributed by atoms with van der Waals surface area (Å²) in [7, 11) is -8.09. The van der Waals surface area contributed by atoms with Gasteiger partial charge < -0.3 is 4.74 Å². The Hall–Kier alpha value is -3.11. The summed E-state index contributed by atoms with van der Waals surface area (Å²) in [6, 6.07) is 3.37. The van der Waals surface area contributed by atoms with Crippen LogP contribution in [0.15, 0.2) is 74.3 Å². The van der Waals surface area contributed by atoms with Crippen molar-refractivity contribution < 1.29 is 36.0 Å². The minimum absolute atomic E-state index is 0.0644. The number of carbonyl (C=O) groups is 3. The zero-order chi connectivity index (χ0) is 38.0. The van der Waals surface area contributed by atoms with E-state index in [0.29, 0.717) is 25.7 Å². The van der Waals surface area contributed by atoms with Gasteiger partial charge in [-0.25, -0.2) is 16.8 Å². The van der Waals surface area contributed by atoms with Crippen molar-refractivity contribution in [3.63, 3.8) is 0 Å². The molecule has 0 amide bonds. The number of ether oxygens (including phenoxy) is 1. The summed E-state index contributed by atoms with van der Waals surface area (Å²) >= 11 is 0. The van der Waals surface area contributed by atoms with E-state index in [1.807, 2.05) is 75.3 Å². The molecule has 0 aromatic heterocycles. The molecule has 1 aromatic rings. The third-order valence-corrected chi connectivity index (χ3v) is 13.8. The fourth-order valence-corrected chi connectivity index (χ4v) is 10.7. The fourth-order valence-electron chi connectivity index (χ4n) is 8.30. The molecule has 0 radical (unpaired) electrons. The molecular formula is C40H54O8S2. The zero-order valence-electron chi connectivity index (χ0n) is 31.7. The van der Waals surface area contributed by atoms with Crippen LogP contribution in [0.2, 0.25) is 0 Å². The Bertz CT molecular complexity index is 1970. The number of hydrogen-bond donors (Lipinski definition) is 0. The van der Waals surface area contributed by atoms with Gasteiger partial charge in [-0.1, -0.05) is 48.8 Å². The van der Waals surface area contributed by atoms with Crippen molar-refractivity contribution in [2.24, 2.45) is 28.1 Å². The van der Waals surface area contributed by atoms with Crippen LogP contribution in [0.5, 0.6) is 0 Å². The number of allylic oxidation sites excluding steroid dienone is 8. The van der Waals surface area contributed by atoms with Crippen LogP contribution in [0.1, 0.15) is 112 Å². The first-order valence-corrected chi connectivity index (χ1v) is 21.0. The second-order valence-corrected chi connectivity index (χ2v) is 20.6. The average molecular weight is 727 g/mol. The molecule has 8 nitrogen and oxygen atoms in total. The Balaban J connectivity index is 2.15. The minimum Gasteiger partial charge on any atom is -0.490 e. The first-order valence-electron chi connectivity index (χ1n) is 17.3. The second-order valence-electron chi connectivity index (χ2n) is 16.6. The Morgan fingerprint density at radius 1 is 0.780 bits per heavy atom. The summed E-state index contributed by atoms with van der Waals surface area (Å²) in [6.45, 7) is 19.6. The summed E-state index contributed by atoms with van der Waals surface area (Å²) in [5, 5.41) is 0. The lowest BCUT2D eigenvalue weighted by Gasteiger charge is -2.64. The molecule has 1 aromatic carbocycles. The Kier molecular flexibility index (Phi) is 10.4. The van der Waals surface area contributed by atoms with Gasteiger partial charge in [-0.15, -0.1) is 0 Å². The topological polar surface area (TPSA) is 129 Å². The molecule has 1 spiro atoms. The van der Waals surface area contributed by atoms with E-state index in [1.165, 1.54) is 6.07 Å². The second kappa shape index (κ2) is 13.1. The largest absolute Gasteiger partial charge is 0.490 e. The number of hydrogen-bond acceptors (Lipinski definition) is 8. The minimum atomic E-state index is -4.11. The van der Waals surface area contributed by atoms with Gasteiger partial charge in [-0.3, -0.25) is 14.4 Å². The van der Waals surface area contributed by atoms with Gasteiger partial charge in [-0.05, 0) is 117 Å². The molecule has 50 heavy (non-hydrogen) atoms. The highest BCUT2D eigenvalue weighted by molar-refractivity contribution is 7.93. The maximum absolute atomic E-state index is 15.5. The molecule has 1 saturated heterocycles. The lowest BCUT2D eigenvalue weighted by atomic mass is 9.39. The Labute approximate surface area is 299 Å². The summed E-state index contributed by atoms with van der Waals surface area (Å²) in [6.07, 6.45) is 10.1. The monoisotopic (exact) mass is 726 g/mol. The number of fused-ring (bicyclic) bond motifs is 1. The van der Waals surface area contributed by atoms with E-state index < -0.39 is 62.9 Å². The van der Waals surface area contributed by atoms with Gasteiger partial charge in [0, 0.05) is 24.0 Å². The number of benzene rings is 1. The highest BCUT2D eigenvalue weighted by Gasteiger charge is 2.74. The van der Waals surface area contributed by atoms with Gasteiger partial charge in [0.25, 0.3) is 0 Å². The molecule has 1 aliphatic heterocycles. The van der Waals surface area contributed by atoms with Crippen LogP contribution in [-0.2, 0) is 34.0 Å². The van der Waals surface area contributed by atoms with Gasteiger partial charge in [-0.2, -0.15) is 0 Å². The van der Waals surface area contributed by atoms with E-state index in [4.69, 9.17) is 4.74 Å². The van der Waals surface area contributed by atoms with Crippen molar-refractivity contribution in [3.05, 3.63) is 70.0 Å². The van der Waals surface area contributed by atoms with Crippen LogP contribution in [0.3, 0.4) is 0 Å². The Morgan fingerprint density at radius 3 is 1.78 bits per heavy atom. The van der Waals surface area contributed by atoms with Gasteiger partial charge >= 0.3 is 0 Å². The van der Waals surface area contributed by atoms with E-state index >= 15 is 9.59 Å². The Morgan fingerprint density at radius 2 is 1.28 bits per heavy atom. The molecular weight excluding hydrogens is 673 g/mol. The number of sulfone groups is 2. The van der Waals surface area contributed by atoms with Crippen molar-refractivity contribution in [1.29, 1.82) is 0 Å². The van der Waals surface area contributed by atoms with Crippen LogP contribution >= 0.6 is 0 Å². The number of ketones is 3. The maximum atomic E-state index is 15.5. The molecule has 10 heteroatoms. The average Bonchev–Trinajstić information content (AvgIpc) is 2.96. The van der Waals surface area contributed by atoms with E-state index in [9.17, 15) is 21.6 Å². The van der Waals surface area contributed by atoms with Crippen molar-refractivity contribution in [3.8, 4) is 0 Å². The third-order valence-electron chi connectivity index (χ3n) is 11.4. The van der Waals surface area contributed by atoms with Gasteiger partial charge in [0.15, 0.2) is 37.0 Å². The van der Waals surface area contributed by atoms with Crippen molar-refractivity contribution >= 4 is 37.0 Å². The number of Topliss-reactive ketones (excluding diaryl/α,β-unsaturated/α-hetero) is 3. The van der Waals surface area contributed by atoms with Crippen molar-refractivity contribution in [2.45, 2.75) is 117 Å². The molecule has 3 aliphatic rings. The van der Waals surface area contributed by atoms with Gasteiger partial charge in [0.1, 0.15) is 22.3 Å². The molecule has 4 atom stereocenters. The molecule has 2 bridgehead atoms. The van der Waals surface area contributed by atoms with E-state index in [2.05, 4.69) is 12.2 Å². The SMILES string of the molecule is CC(C)=CC[C@H]1C[C@@]23C[C@@H](CC=C(C)C)C(C)(C)[C@@](CC=C(C)C)(C(=O)C(C(=O)c4ccc(S(C)(=O)=O)c(S(C)(=O)=O)c4)=C2OC1(C)C)C3=O. The fraction of sp³-hybridized carbons (Fsp3) is 0.575. The van der Waals surface area contributed by atoms with Crippen LogP contribution in [0.4, 0.5) is 0 Å². The molecule has 2 fully saturated rings. The zero-order valence-corrected chi connectivity index (χ0v) is 33.4.